The quantitative estimate of drug-likeness (QED) is 0.0281. The SMILES string of the molecule is CCCCCCCCCCCCCCCCCCN.CCCCCCCCCCCCCCCCCCN=C(N)N.CCCCCCCCCCCCN. The molecule has 0 spiro atoms. The molecule has 54 heavy (non-hydrogen) atoms. The summed E-state index contributed by atoms with van der Waals surface area (Å²) in [5.41, 5.74) is 21.5. The van der Waals surface area contributed by atoms with Gasteiger partial charge in [0.15, 0.2) is 5.96 Å². The number of nitrogens with two attached hydrogens (primary N) is 4. The molecule has 0 rings (SSSR count). The van der Waals surface area contributed by atoms with Gasteiger partial charge in [0.1, 0.15) is 0 Å². The van der Waals surface area contributed by atoms with E-state index in [1.807, 2.05) is 0 Å². The molecule has 328 valence electrons. The summed E-state index contributed by atoms with van der Waals surface area (Å²) in [5, 5.41) is 0. The Balaban J connectivity index is -0.000000746. The van der Waals surface area contributed by atoms with E-state index in [0.29, 0.717) is 0 Å². The van der Waals surface area contributed by atoms with Crippen molar-refractivity contribution in [1.82, 2.24) is 0 Å². The van der Waals surface area contributed by atoms with Gasteiger partial charge in [-0.15, -0.1) is 0 Å². The Bertz CT molecular complexity index is 595. The first kappa shape index (κ1) is 57.5. The second-order valence-electron chi connectivity index (χ2n) is 16.7. The summed E-state index contributed by atoms with van der Waals surface area (Å²) in [4.78, 5) is 4.00. The average molecular weight is 766 g/mol. The van der Waals surface area contributed by atoms with Gasteiger partial charge in [0.25, 0.3) is 0 Å². The van der Waals surface area contributed by atoms with Gasteiger partial charge in [0, 0.05) is 6.54 Å². The maximum absolute atomic E-state index is 5.48. The third-order valence-electron chi connectivity index (χ3n) is 10.9. The maximum Gasteiger partial charge on any atom is 0.185 e. The maximum atomic E-state index is 5.48. The molecule has 0 saturated carbocycles. The van der Waals surface area contributed by atoms with E-state index in [9.17, 15) is 0 Å². The fourth-order valence-electron chi connectivity index (χ4n) is 7.19. The first-order valence-corrected chi connectivity index (χ1v) is 25.1. The second-order valence-corrected chi connectivity index (χ2v) is 16.7. The van der Waals surface area contributed by atoms with E-state index in [4.69, 9.17) is 22.9 Å². The highest BCUT2D eigenvalue weighted by atomic mass is 15.0. The molecule has 0 heterocycles. The third kappa shape index (κ3) is 66.0. The van der Waals surface area contributed by atoms with Gasteiger partial charge in [0.05, 0.1) is 0 Å². The number of aliphatic imine (C=N–C) groups is 1. The summed E-state index contributed by atoms with van der Waals surface area (Å²) in [6.45, 7) is 9.38. The van der Waals surface area contributed by atoms with Crippen LogP contribution in [0.25, 0.3) is 0 Å². The van der Waals surface area contributed by atoms with Crippen molar-refractivity contribution >= 4 is 5.96 Å². The molecule has 0 radical (unpaired) electrons. The number of unbranched alkanes of at least 4 members (excludes halogenated alkanes) is 39. The van der Waals surface area contributed by atoms with E-state index in [2.05, 4.69) is 25.8 Å². The Hall–Kier alpha value is -0.810. The lowest BCUT2D eigenvalue weighted by atomic mass is 10.0. The fraction of sp³-hybridized carbons (Fsp3) is 0.980. The summed E-state index contributed by atoms with van der Waals surface area (Å²) in [6, 6.07) is 0. The smallest absolute Gasteiger partial charge is 0.185 e. The first-order chi connectivity index (χ1) is 26.6. The number of guanidine groups is 1. The van der Waals surface area contributed by atoms with Gasteiger partial charge in [-0.1, -0.05) is 271 Å². The lowest BCUT2D eigenvalue weighted by Crippen LogP contribution is -2.22. The fourth-order valence-corrected chi connectivity index (χ4v) is 7.19. The molecule has 5 heteroatoms. The highest BCUT2D eigenvalue weighted by Crippen LogP contribution is 2.15. The minimum absolute atomic E-state index is 0.223. The van der Waals surface area contributed by atoms with Crippen LogP contribution in [-0.4, -0.2) is 25.6 Å². The van der Waals surface area contributed by atoms with Crippen LogP contribution in [0.1, 0.15) is 290 Å². The predicted octanol–water partition coefficient (Wildman–Crippen LogP) is 15.6. The van der Waals surface area contributed by atoms with Gasteiger partial charge < -0.3 is 22.9 Å². The van der Waals surface area contributed by atoms with Gasteiger partial charge >= 0.3 is 0 Å². The van der Waals surface area contributed by atoms with E-state index in [1.165, 1.54) is 263 Å². The zero-order chi connectivity index (χ0) is 40.1. The number of hydrogen-bond acceptors (Lipinski definition) is 3. The number of nitrogens with zero attached hydrogens (tertiary/aromatic N) is 1. The van der Waals surface area contributed by atoms with Crippen LogP contribution < -0.4 is 22.9 Å². The van der Waals surface area contributed by atoms with Crippen LogP contribution in [0.5, 0.6) is 0 Å². The molecule has 0 aromatic heterocycles. The Morgan fingerprint density at radius 3 is 0.593 bits per heavy atom. The average Bonchev–Trinajstić information content (AvgIpc) is 3.17. The Kier molecular flexibility index (Phi) is 62.7. The highest BCUT2D eigenvalue weighted by Gasteiger charge is 1.96. The van der Waals surface area contributed by atoms with Crippen molar-refractivity contribution in [2.24, 2.45) is 27.9 Å². The minimum Gasteiger partial charge on any atom is -0.370 e. The molecule has 0 bridgehead atoms. The van der Waals surface area contributed by atoms with E-state index in [0.717, 1.165) is 26.1 Å². The molecular formula is C49H107N5. The van der Waals surface area contributed by atoms with Crippen molar-refractivity contribution in [2.45, 2.75) is 290 Å². The zero-order valence-electron chi connectivity index (χ0n) is 38.1. The van der Waals surface area contributed by atoms with Crippen molar-refractivity contribution in [3.05, 3.63) is 0 Å². The van der Waals surface area contributed by atoms with E-state index in [1.54, 1.807) is 0 Å². The minimum atomic E-state index is 0.223. The van der Waals surface area contributed by atoms with E-state index in [-0.39, 0.29) is 5.96 Å². The Labute approximate surface area is 343 Å². The number of hydrogen-bond donors (Lipinski definition) is 4. The zero-order valence-corrected chi connectivity index (χ0v) is 38.1. The lowest BCUT2D eigenvalue weighted by Gasteiger charge is -2.03. The molecule has 0 aliphatic heterocycles. The van der Waals surface area contributed by atoms with Crippen molar-refractivity contribution in [3.8, 4) is 0 Å². The van der Waals surface area contributed by atoms with Gasteiger partial charge in [-0.25, -0.2) is 0 Å². The highest BCUT2D eigenvalue weighted by molar-refractivity contribution is 5.75. The van der Waals surface area contributed by atoms with Crippen LogP contribution in [0.2, 0.25) is 0 Å². The molecule has 5 nitrogen and oxygen atoms in total. The van der Waals surface area contributed by atoms with E-state index >= 15 is 0 Å². The summed E-state index contributed by atoms with van der Waals surface area (Å²) >= 11 is 0. The summed E-state index contributed by atoms with van der Waals surface area (Å²) in [5.74, 6) is 0.223. The van der Waals surface area contributed by atoms with Crippen molar-refractivity contribution in [2.75, 3.05) is 19.6 Å². The molecule has 0 aliphatic rings. The molecule has 0 aromatic rings. The van der Waals surface area contributed by atoms with Gasteiger partial charge in [-0.2, -0.15) is 0 Å². The molecule has 8 N–H and O–H groups in total. The van der Waals surface area contributed by atoms with Crippen LogP contribution in [0, 0.1) is 0 Å². The van der Waals surface area contributed by atoms with Gasteiger partial charge in [-0.3, -0.25) is 4.99 Å². The van der Waals surface area contributed by atoms with Gasteiger partial charge in [0.2, 0.25) is 0 Å². The molecule has 0 unspecified atom stereocenters. The second kappa shape index (κ2) is 58.9. The molecular weight excluding hydrogens is 659 g/mol. The van der Waals surface area contributed by atoms with Crippen LogP contribution in [0.4, 0.5) is 0 Å². The van der Waals surface area contributed by atoms with Gasteiger partial charge in [-0.05, 0) is 32.4 Å². The monoisotopic (exact) mass is 766 g/mol. The largest absolute Gasteiger partial charge is 0.370 e. The normalized spacial score (nSPS) is 10.8. The standard InChI is InChI=1S/C19H41N3.C18H39N.C12H27N/c1-2-3-4-5-6-7-8-9-10-11-12-13-14-15-16-17-18-22-19(20)21;1-2-3-4-5-6-7-8-9-10-11-12-13-14-15-16-17-18-19;1-2-3-4-5-6-7-8-9-10-11-12-13/h2-18H2,1H3,(H4,20,21,22);2-19H2,1H3;2-13H2,1H3. The molecule has 0 saturated heterocycles. The van der Waals surface area contributed by atoms with E-state index < -0.39 is 0 Å². The molecule has 0 fully saturated rings. The third-order valence-corrected chi connectivity index (χ3v) is 10.9. The first-order valence-electron chi connectivity index (χ1n) is 25.1. The van der Waals surface area contributed by atoms with Crippen molar-refractivity contribution < 1.29 is 0 Å². The summed E-state index contributed by atoms with van der Waals surface area (Å²) in [7, 11) is 0. The lowest BCUT2D eigenvalue weighted by molar-refractivity contribution is 0.530. The van der Waals surface area contributed by atoms with Crippen LogP contribution in [0.3, 0.4) is 0 Å². The molecule has 0 atom stereocenters. The Morgan fingerprint density at radius 2 is 0.426 bits per heavy atom. The molecule has 0 aliphatic carbocycles. The Morgan fingerprint density at radius 1 is 0.259 bits per heavy atom. The predicted molar refractivity (Wildman–Crippen MR) is 250 cm³/mol. The molecule has 0 amide bonds. The van der Waals surface area contributed by atoms with Crippen molar-refractivity contribution in [3.63, 3.8) is 0 Å². The molecule has 0 aromatic carbocycles. The topological polar surface area (TPSA) is 116 Å². The summed E-state index contributed by atoms with van der Waals surface area (Å²) < 4.78 is 0. The summed E-state index contributed by atoms with van der Waals surface area (Å²) in [6.07, 6.45) is 59.1. The van der Waals surface area contributed by atoms with Crippen LogP contribution >= 0.6 is 0 Å². The van der Waals surface area contributed by atoms with Crippen molar-refractivity contribution in [1.29, 1.82) is 0 Å². The number of rotatable bonds is 43. The van der Waals surface area contributed by atoms with Crippen LogP contribution in [0.15, 0.2) is 4.99 Å². The van der Waals surface area contributed by atoms with Crippen LogP contribution in [-0.2, 0) is 0 Å².